The maximum absolute atomic E-state index is 13.0. The zero-order chi connectivity index (χ0) is 36.9. The molecule has 4 fully saturated rings. The van der Waals surface area contributed by atoms with E-state index in [0.29, 0.717) is 42.4 Å². The maximum Gasteiger partial charge on any atom is 0.305 e. The van der Waals surface area contributed by atoms with Crippen molar-refractivity contribution in [2.24, 2.45) is 46.3 Å². The molecule has 0 unspecified atom stereocenters. The first-order valence-electron chi connectivity index (χ1n) is 22.3. The van der Waals surface area contributed by atoms with Crippen molar-refractivity contribution >= 4 is 11.9 Å². The van der Waals surface area contributed by atoms with Crippen LogP contribution in [-0.4, -0.2) is 47.4 Å². The van der Waals surface area contributed by atoms with Gasteiger partial charge < -0.3 is 20.3 Å². The van der Waals surface area contributed by atoms with Crippen LogP contribution in [-0.2, 0) is 14.3 Å². The average molecular weight is 716 g/mol. The van der Waals surface area contributed by atoms with E-state index >= 15 is 0 Å². The third-order valence-corrected chi connectivity index (χ3v) is 15.5. The van der Waals surface area contributed by atoms with Crippen molar-refractivity contribution in [3.05, 3.63) is 0 Å². The Hall–Kier alpha value is -1.14. The molecule has 6 heteroatoms. The molecule has 4 aliphatic carbocycles. The maximum atomic E-state index is 13.0. The van der Waals surface area contributed by atoms with Crippen LogP contribution in [0, 0.1) is 46.3 Å². The fourth-order valence-electron chi connectivity index (χ4n) is 12.2. The van der Waals surface area contributed by atoms with Crippen LogP contribution in [0.4, 0.5) is 0 Å². The molecule has 0 saturated heterocycles. The fourth-order valence-corrected chi connectivity index (χ4v) is 12.2. The fraction of sp³-hybridized carbons (Fsp3) is 0.956. The molecule has 51 heavy (non-hydrogen) atoms. The van der Waals surface area contributed by atoms with Gasteiger partial charge in [0.05, 0.1) is 19.3 Å². The number of aliphatic hydroxyl groups excluding tert-OH is 2. The van der Waals surface area contributed by atoms with E-state index in [9.17, 15) is 19.8 Å². The van der Waals surface area contributed by atoms with Gasteiger partial charge in [-0.1, -0.05) is 130 Å². The van der Waals surface area contributed by atoms with E-state index in [1.54, 1.807) is 0 Å². The highest BCUT2D eigenvalue weighted by atomic mass is 16.5. The van der Waals surface area contributed by atoms with Gasteiger partial charge in [0.25, 0.3) is 0 Å². The van der Waals surface area contributed by atoms with Crippen molar-refractivity contribution in [2.45, 2.75) is 219 Å². The minimum Gasteiger partial charge on any atom is -0.469 e. The van der Waals surface area contributed by atoms with Crippen molar-refractivity contribution in [3.8, 4) is 0 Å². The lowest BCUT2D eigenvalue weighted by Crippen LogP contribution is -2.63. The van der Waals surface area contributed by atoms with Crippen LogP contribution in [0.15, 0.2) is 0 Å². The number of fused-ring (bicyclic) bond motifs is 5. The van der Waals surface area contributed by atoms with Crippen LogP contribution in [0.25, 0.3) is 0 Å². The number of hydrogen-bond acceptors (Lipinski definition) is 5. The molecule has 0 spiro atoms. The van der Waals surface area contributed by atoms with Crippen LogP contribution in [0.5, 0.6) is 0 Å². The van der Waals surface area contributed by atoms with E-state index in [4.69, 9.17) is 4.74 Å². The Morgan fingerprint density at radius 1 is 0.745 bits per heavy atom. The summed E-state index contributed by atoms with van der Waals surface area (Å²) in [5.74, 6) is 1.96. The second-order valence-corrected chi connectivity index (χ2v) is 18.6. The molecule has 0 heterocycles. The smallest absolute Gasteiger partial charge is 0.305 e. The Bertz CT molecular complexity index is 1030. The number of ether oxygens (including phenoxy) is 1. The number of esters is 1. The first-order chi connectivity index (χ1) is 24.6. The summed E-state index contributed by atoms with van der Waals surface area (Å²) < 4.78 is 4.91. The Morgan fingerprint density at radius 2 is 1.31 bits per heavy atom. The largest absolute Gasteiger partial charge is 0.469 e. The molecular weight excluding hydrogens is 634 g/mol. The van der Waals surface area contributed by atoms with Crippen molar-refractivity contribution in [1.29, 1.82) is 0 Å². The van der Waals surface area contributed by atoms with Gasteiger partial charge in [-0.3, -0.25) is 9.59 Å². The molecule has 296 valence electrons. The summed E-state index contributed by atoms with van der Waals surface area (Å²) in [6, 6.07) is 0.204. The van der Waals surface area contributed by atoms with Gasteiger partial charge in [0.2, 0.25) is 5.91 Å². The highest BCUT2D eigenvalue weighted by Gasteiger charge is 2.65. The summed E-state index contributed by atoms with van der Waals surface area (Å²) in [7, 11) is 1.45. The Morgan fingerprint density at radius 3 is 1.88 bits per heavy atom. The summed E-state index contributed by atoms with van der Waals surface area (Å²) in [5.41, 5.74) is -0.131. The van der Waals surface area contributed by atoms with E-state index in [2.05, 4.69) is 33.0 Å². The minimum atomic E-state index is -0.387. The van der Waals surface area contributed by atoms with E-state index in [-0.39, 0.29) is 46.9 Å². The van der Waals surface area contributed by atoms with Gasteiger partial charge in [-0.2, -0.15) is 0 Å². The number of amides is 1. The molecule has 0 radical (unpaired) electrons. The van der Waals surface area contributed by atoms with E-state index in [1.165, 1.54) is 103 Å². The van der Waals surface area contributed by atoms with Crippen molar-refractivity contribution in [3.63, 3.8) is 0 Å². The first-order valence-corrected chi connectivity index (χ1v) is 22.3. The Labute approximate surface area is 313 Å². The predicted molar refractivity (Wildman–Crippen MR) is 209 cm³/mol. The predicted octanol–water partition coefficient (Wildman–Crippen LogP) is 10.7. The van der Waals surface area contributed by atoms with Gasteiger partial charge in [-0.25, -0.2) is 0 Å². The highest BCUT2D eigenvalue weighted by Crippen LogP contribution is 2.68. The number of carbonyl (C=O) groups is 2. The summed E-state index contributed by atoms with van der Waals surface area (Å²) in [4.78, 5) is 24.8. The van der Waals surface area contributed by atoms with Crippen molar-refractivity contribution in [1.82, 2.24) is 5.32 Å². The Balaban J connectivity index is 1.11. The summed E-state index contributed by atoms with van der Waals surface area (Å²) in [6.07, 6.45) is 30.7. The third-order valence-electron chi connectivity index (χ3n) is 15.5. The van der Waals surface area contributed by atoms with Gasteiger partial charge in [0, 0.05) is 18.9 Å². The SMILES string of the molecule is CCCCCCCCCCCCCCCCCCCC(=O)N[C@H]1CC[C@@]2(C)[C@H](C1)C[C@@H](O)[C@@H]1[C@H]2C[C@H](O)[C@]2(C)[C@@H]([C@H](C)CCC(=O)OC)CC[C@@H]12. The minimum absolute atomic E-state index is 0.0928. The number of aliphatic hydroxyl groups is 2. The van der Waals surface area contributed by atoms with E-state index < -0.39 is 0 Å². The second kappa shape index (κ2) is 21.1. The standard InChI is InChI=1S/C45H81NO5/c1-6-7-8-9-10-11-12-13-14-15-16-17-18-19-20-21-22-23-41(49)46-35-28-29-44(3)34(30-35)31-39(47)43-37-26-25-36(33(2)24-27-42(50)51-5)45(37,4)40(48)32-38(43)44/h33-40,43,47-48H,6-32H2,1-5H3,(H,46,49)/t33-,34-,35+,36-,37+,38-,39-,40+,43+,44+,45-/m1/s1. The number of unbranched alkanes of at least 4 members (excludes halogenated alkanes) is 16. The van der Waals surface area contributed by atoms with Crippen LogP contribution in [0.3, 0.4) is 0 Å². The normalized spacial score (nSPS) is 35.0. The van der Waals surface area contributed by atoms with Crippen LogP contribution in [0.2, 0.25) is 0 Å². The molecule has 0 aromatic carbocycles. The highest BCUT2D eigenvalue weighted by molar-refractivity contribution is 5.76. The topological polar surface area (TPSA) is 95.9 Å². The summed E-state index contributed by atoms with van der Waals surface area (Å²) in [6.45, 7) is 9.26. The van der Waals surface area contributed by atoms with E-state index in [1.807, 2.05) is 0 Å². The zero-order valence-corrected chi connectivity index (χ0v) is 33.9. The average Bonchev–Trinajstić information content (AvgIpc) is 3.47. The molecule has 1 amide bonds. The van der Waals surface area contributed by atoms with Gasteiger partial charge in [-0.05, 0) is 104 Å². The molecule has 4 saturated carbocycles. The third kappa shape index (κ3) is 11.2. The number of carbonyl (C=O) groups excluding carboxylic acids is 2. The summed E-state index contributed by atoms with van der Waals surface area (Å²) >= 11 is 0. The lowest BCUT2D eigenvalue weighted by molar-refractivity contribution is -0.202. The molecule has 6 nitrogen and oxygen atoms in total. The molecule has 0 aromatic heterocycles. The van der Waals surface area contributed by atoms with Gasteiger partial charge >= 0.3 is 5.97 Å². The van der Waals surface area contributed by atoms with Crippen LogP contribution < -0.4 is 5.32 Å². The molecule has 0 aromatic rings. The van der Waals surface area contributed by atoms with E-state index in [0.717, 1.165) is 64.2 Å². The van der Waals surface area contributed by atoms with Crippen molar-refractivity contribution in [2.75, 3.05) is 7.11 Å². The number of methoxy groups -OCH3 is 1. The van der Waals surface area contributed by atoms with Gasteiger partial charge in [0.15, 0.2) is 0 Å². The van der Waals surface area contributed by atoms with Gasteiger partial charge in [0.1, 0.15) is 0 Å². The van der Waals surface area contributed by atoms with Crippen molar-refractivity contribution < 1.29 is 24.5 Å². The van der Waals surface area contributed by atoms with Gasteiger partial charge in [-0.15, -0.1) is 0 Å². The molecule has 4 rings (SSSR count). The van der Waals surface area contributed by atoms with Crippen LogP contribution >= 0.6 is 0 Å². The first kappa shape index (κ1) is 42.6. The number of nitrogens with one attached hydrogen (secondary N) is 1. The number of rotatable bonds is 23. The quantitative estimate of drug-likeness (QED) is 0.0723. The van der Waals surface area contributed by atoms with Crippen LogP contribution in [0.1, 0.15) is 201 Å². The monoisotopic (exact) mass is 716 g/mol. The molecule has 0 aliphatic heterocycles. The molecule has 3 N–H and O–H groups in total. The molecule has 0 bridgehead atoms. The second-order valence-electron chi connectivity index (χ2n) is 18.6. The lowest BCUT2D eigenvalue weighted by Gasteiger charge is -2.63. The molecular formula is C45H81NO5. The number of hydrogen-bond donors (Lipinski definition) is 3. The zero-order valence-electron chi connectivity index (χ0n) is 33.9. The molecule has 4 aliphatic rings. The lowest BCUT2D eigenvalue weighted by atomic mass is 9.43. The Kier molecular flexibility index (Phi) is 17.6. The summed E-state index contributed by atoms with van der Waals surface area (Å²) in [5, 5.41) is 27.1. The molecule has 11 atom stereocenters.